The van der Waals surface area contributed by atoms with Crippen LogP contribution >= 0.6 is 0 Å². The van der Waals surface area contributed by atoms with Crippen molar-refractivity contribution in [3.05, 3.63) is 47.5 Å². The minimum absolute atomic E-state index is 0.877. The van der Waals surface area contributed by atoms with Crippen molar-refractivity contribution in [2.24, 2.45) is 0 Å². The Morgan fingerprint density at radius 2 is 1.94 bits per heavy atom. The Balaban J connectivity index is 1.89. The SMILES string of the molecule is CC=C(Cc1ccccc1)CN1CCOCC1. The normalized spacial score (nSPS) is 18.3. The third-order valence-electron chi connectivity index (χ3n) is 3.21. The van der Waals surface area contributed by atoms with Crippen LogP contribution in [0.25, 0.3) is 0 Å². The summed E-state index contributed by atoms with van der Waals surface area (Å²) < 4.78 is 5.37. The van der Waals surface area contributed by atoms with Crippen LogP contribution in [0.15, 0.2) is 42.0 Å². The van der Waals surface area contributed by atoms with Crippen LogP contribution in [-0.4, -0.2) is 37.7 Å². The highest BCUT2D eigenvalue weighted by molar-refractivity contribution is 5.22. The molecule has 2 nitrogen and oxygen atoms in total. The van der Waals surface area contributed by atoms with Crippen molar-refractivity contribution in [3.8, 4) is 0 Å². The minimum atomic E-state index is 0.877. The van der Waals surface area contributed by atoms with Crippen LogP contribution in [0.5, 0.6) is 0 Å². The van der Waals surface area contributed by atoms with Crippen LogP contribution in [0.3, 0.4) is 0 Å². The number of allylic oxidation sites excluding steroid dienone is 1. The van der Waals surface area contributed by atoms with Crippen LogP contribution in [0.2, 0.25) is 0 Å². The average molecular weight is 231 g/mol. The first-order valence-corrected chi connectivity index (χ1v) is 6.36. The van der Waals surface area contributed by atoms with Crippen molar-refractivity contribution in [1.82, 2.24) is 4.90 Å². The standard InChI is InChI=1S/C15H21NO/c1-2-14(12-15-6-4-3-5-7-15)13-16-8-10-17-11-9-16/h2-7H,8-13H2,1H3. The van der Waals surface area contributed by atoms with Crippen molar-refractivity contribution >= 4 is 0 Å². The molecule has 0 aromatic heterocycles. The van der Waals surface area contributed by atoms with E-state index in [2.05, 4.69) is 48.2 Å². The van der Waals surface area contributed by atoms with E-state index in [-0.39, 0.29) is 0 Å². The van der Waals surface area contributed by atoms with Gasteiger partial charge >= 0.3 is 0 Å². The summed E-state index contributed by atoms with van der Waals surface area (Å²) in [5, 5.41) is 0. The first-order valence-electron chi connectivity index (χ1n) is 6.36. The number of morpholine rings is 1. The van der Waals surface area contributed by atoms with Crippen LogP contribution in [0, 0.1) is 0 Å². The summed E-state index contributed by atoms with van der Waals surface area (Å²) >= 11 is 0. The van der Waals surface area contributed by atoms with Gasteiger partial charge in [-0.2, -0.15) is 0 Å². The number of ether oxygens (including phenoxy) is 1. The molecular formula is C15H21NO. The fourth-order valence-corrected chi connectivity index (χ4v) is 2.15. The lowest BCUT2D eigenvalue weighted by Crippen LogP contribution is -2.37. The molecule has 1 fully saturated rings. The van der Waals surface area contributed by atoms with Crippen LogP contribution < -0.4 is 0 Å². The molecule has 1 aromatic rings. The molecule has 1 saturated heterocycles. The van der Waals surface area contributed by atoms with Crippen molar-refractivity contribution in [2.75, 3.05) is 32.8 Å². The Morgan fingerprint density at radius 3 is 2.59 bits per heavy atom. The van der Waals surface area contributed by atoms with Gasteiger partial charge in [-0.15, -0.1) is 0 Å². The molecule has 1 aliphatic heterocycles. The maximum atomic E-state index is 5.37. The Labute approximate surface area is 104 Å². The number of benzene rings is 1. The van der Waals surface area contributed by atoms with Crippen molar-refractivity contribution in [3.63, 3.8) is 0 Å². The van der Waals surface area contributed by atoms with Gasteiger partial charge in [0.05, 0.1) is 13.2 Å². The predicted molar refractivity (Wildman–Crippen MR) is 71.2 cm³/mol. The molecule has 2 rings (SSSR count). The maximum absolute atomic E-state index is 5.37. The first kappa shape index (κ1) is 12.3. The smallest absolute Gasteiger partial charge is 0.0594 e. The zero-order valence-electron chi connectivity index (χ0n) is 10.6. The highest BCUT2D eigenvalue weighted by Crippen LogP contribution is 2.10. The Bertz CT molecular complexity index is 352. The third kappa shape index (κ3) is 3.99. The summed E-state index contributed by atoms with van der Waals surface area (Å²) in [6.07, 6.45) is 3.32. The van der Waals surface area contributed by atoms with E-state index >= 15 is 0 Å². The van der Waals surface area contributed by atoms with Gasteiger partial charge in [0.2, 0.25) is 0 Å². The van der Waals surface area contributed by atoms with E-state index in [1.54, 1.807) is 0 Å². The topological polar surface area (TPSA) is 12.5 Å². The highest BCUT2D eigenvalue weighted by Gasteiger charge is 2.11. The van der Waals surface area contributed by atoms with Crippen LogP contribution in [-0.2, 0) is 11.2 Å². The molecule has 0 unspecified atom stereocenters. The number of nitrogens with zero attached hydrogens (tertiary/aromatic N) is 1. The largest absolute Gasteiger partial charge is 0.379 e. The van der Waals surface area contributed by atoms with Gasteiger partial charge in [0.1, 0.15) is 0 Å². The molecule has 2 heteroatoms. The number of hydrogen-bond donors (Lipinski definition) is 0. The van der Waals surface area contributed by atoms with Gasteiger partial charge in [0.25, 0.3) is 0 Å². The molecule has 1 aromatic carbocycles. The summed E-state index contributed by atoms with van der Waals surface area (Å²) in [4.78, 5) is 2.47. The van der Waals surface area contributed by atoms with Gasteiger partial charge in [-0.25, -0.2) is 0 Å². The van der Waals surface area contributed by atoms with Crippen molar-refractivity contribution < 1.29 is 4.74 Å². The molecule has 0 saturated carbocycles. The molecule has 0 bridgehead atoms. The van der Waals surface area contributed by atoms with E-state index in [4.69, 9.17) is 4.74 Å². The second kappa shape index (κ2) is 6.58. The molecule has 0 spiro atoms. The summed E-state index contributed by atoms with van der Waals surface area (Å²) in [5.74, 6) is 0. The maximum Gasteiger partial charge on any atom is 0.0594 e. The average Bonchev–Trinajstić information content (AvgIpc) is 2.40. The van der Waals surface area contributed by atoms with Gasteiger partial charge in [-0.3, -0.25) is 4.90 Å². The Morgan fingerprint density at radius 1 is 1.24 bits per heavy atom. The van der Waals surface area contributed by atoms with E-state index < -0.39 is 0 Å². The fourth-order valence-electron chi connectivity index (χ4n) is 2.15. The summed E-state index contributed by atoms with van der Waals surface area (Å²) in [7, 11) is 0. The van der Waals surface area contributed by atoms with E-state index in [0.717, 1.165) is 39.3 Å². The molecule has 1 heterocycles. The second-order valence-corrected chi connectivity index (χ2v) is 4.50. The predicted octanol–water partition coefficient (Wildman–Crippen LogP) is 2.51. The zero-order chi connectivity index (χ0) is 11.9. The summed E-state index contributed by atoms with van der Waals surface area (Å²) in [5.41, 5.74) is 2.90. The lowest BCUT2D eigenvalue weighted by Gasteiger charge is -2.27. The van der Waals surface area contributed by atoms with Gasteiger partial charge in [-0.05, 0) is 18.9 Å². The zero-order valence-corrected chi connectivity index (χ0v) is 10.6. The van der Waals surface area contributed by atoms with Crippen LogP contribution in [0.4, 0.5) is 0 Å². The number of rotatable bonds is 4. The molecular weight excluding hydrogens is 210 g/mol. The molecule has 0 radical (unpaired) electrons. The first-order chi connectivity index (χ1) is 8.38. The molecule has 0 amide bonds. The quantitative estimate of drug-likeness (QED) is 0.738. The fraction of sp³-hybridized carbons (Fsp3) is 0.467. The lowest BCUT2D eigenvalue weighted by molar-refractivity contribution is 0.0420. The monoisotopic (exact) mass is 231 g/mol. The molecule has 17 heavy (non-hydrogen) atoms. The van der Waals surface area contributed by atoms with E-state index in [1.165, 1.54) is 11.1 Å². The molecule has 0 aliphatic carbocycles. The van der Waals surface area contributed by atoms with Gasteiger partial charge < -0.3 is 4.74 Å². The van der Waals surface area contributed by atoms with E-state index in [1.807, 2.05) is 0 Å². The molecule has 0 N–H and O–H groups in total. The summed E-state index contributed by atoms with van der Waals surface area (Å²) in [6.45, 7) is 7.09. The Kier molecular flexibility index (Phi) is 4.77. The number of hydrogen-bond acceptors (Lipinski definition) is 2. The molecule has 1 aliphatic rings. The van der Waals surface area contributed by atoms with Gasteiger partial charge in [0.15, 0.2) is 0 Å². The van der Waals surface area contributed by atoms with Crippen molar-refractivity contribution in [1.29, 1.82) is 0 Å². The van der Waals surface area contributed by atoms with Gasteiger partial charge in [-0.1, -0.05) is 42.0 Å². The van der Waals surface area contributed by atoms with Crippen molar-refractivity contribution in [2.45, 2.75) is 13.3 Å². The highest BCUT2D eigenvalue weighted by atomic mass is 16.5. The van der Waals surface area contributed by atoms with E-state index in [0.29, 0.717) is 0 Å². The van der Waals surface area contributed by atoms with Crippen LogP contribution in [0.1, 0.15) is 12.5 Å². The van der Waals surface area contributed by atoms with E-state index in [9.17, 15) is 0 Å². The molecule has 92 valence electrons. The molecule has 0 atom stereocenters. The lowest BCUT2D eigenvalue weighted by atomic mass is 10.0. The Hall–Kier alpha value is -1.12. The third-order valence-corrected chi connectivity index (χ3v) is 3.21. The minimum Gasteiger partial charge on any atom is -0.379 e. The van der Waals surface area contributed by atoms with Gasteiger partial charge in [0, 0.05) is 19.6 Å². The second-order valence-electron chi connectivity index (χ2n) is 4.50. The summed E-state index contributed by atoms with van der Waals surface area (Å²) in [6, 6.07) is 10.7.